The molecule has 0 bridgehead atoms. The lowest BCUT2D eigenvalue weighted by molar-refractivity contribution is -0.0681. The normalized spacial score (nSPS) is 12.2. The van der Waals surface area contributed by atoms with E-state index in [1.807, 2.05) is 30.5 Å². The van der Waals surface area contributed by atoms with Crippen molar-refractivity contribution >= 4 is 45.4 Å². The van der Waals surface area contributed by atoms with Gasteiger partial charge in [-0.25, -0.2) is 0 Å². The lowest BCUT2D eigenvalue weighted by Crippen LogP contribution is -2.12. The molecule has 0 atom stereocenters. The highest BCUT2D eigenvalue weighted by molar-refractivity contribution is 9.11. The highest BCUT2D eigenvalue weighted by Crippen LogP contribution is 2.28. The largest absolute Gasteiger partial charge is 0.351 e. The lowest BCUT2D eigenvalue weighted by atomic mass is 10.2. The van der Waals surface area contributed by atoms with Crippen molar-refractivity contribution in [1.82, 2.24) is 0 Å². The number of rotatable bonds is 5. The molecule has 17 heavy (non-hydrogen) atoms. The van der Waals surface area contributed by atoms with Crippen LogP contribution in [0.5, 0.6) is 0 Å². The van der Waals surface area contributed by atoms with Crippen molar-refractivity contribution in [3.8, 4) is 0 Å². The van der Waals surface area contributed by atoms with Crippen LogP contribution in [0, 0.1) is 0 Å². The minimum absolute atomic E-state index is 0.394. The van der Waals surface area contributed by atoms with E-state index in [-0.39, 0.29) is 0 Å². The van der Waals surface area contributed by atoms with Gasteiger partial charge in [0.05, 0.1) is 9.51 Å². The topological polar surface area (TPSA) is 18.5 Å². The fourth-order valence-electron chi connectivity index (χ4n) is 1.32. The summed E-state index contributed by atoms with van der Waals surface area (Å²) >= 11 is 11.2. The third-order valence-electron chi connectivity index (χ3n) is 2.13. The predicted molar refractivity (Wildman–Crippen MR) is 77.9 cm³/mol. The van der Waals surface area contributed by atoms with Crippen LogP contribution in [0.2, 0.25) is 5.02 Å². The third kappa shape index (κ3) is 4.30. The molecule has 0 radical (unpaired) electrons. The van der Waals surface area contributed by atoms with E-state index in [0.717, 1.165) is 20.0 Å². The van der Waals surface area contributed by atoms with Crippen LogP contribution in [0.3, 0.4) is 0 Å². The molecule has 5 heteroatoms. The van der Waals surface area contributed by atoms with Crippen LogP contribution >= 0.6 is 39.3 Å². The average molecular weight is 338 g/mol. The number of halogens is 2. The average Bonchev–Trinajstić information content (AvgIpc) is 2.31. The number of benzene rings is 1. The molecule has 0 N–H and O–H groups in total. The van der Waals surface area contributed by atoms with Crippen LogP contribution in [0.15, 0.2) is 27.6 Å². The SMILES string of the molecule is COC(OC)C(Br)=Cc1ccc(SC)c(Cl)c1. The van der Waals surface area contributed by atoms with Crippen molar-refractivity contribution < 1.29 is 9.47 Å². The van der Waals surface area contributed by atoms with Crippen molar-refractivity contribution in [2.45, 2.75) is 11.2 Å². The molecule has 0 unspecified atom stereocenters. The van der Waals surface area contributed by atoms with E-state index < -0.39 is 6.29 Å². The lowest BCUT2D eigenvalue weighted by Gasteiger charge is -2.12. The number of hydrogen-bond acceptors (Lipinski definition) is 3. The summed E-state index contributed by atoms with van der Waals surface area (Å²) in [5.74, 6) is 0. The van der Waals surface area contributed by atoms with E-state index in [9.17, 15) is 0 Å². The van der Waals surface area contributed by atoms with E-state index >= 15 is 0 Å². The maximum Gasteiger partial charge on any atom is 0.189 e. The Morgan fingerprint density at radius 1 is 1.41 bits per heavy atom. The quantitative estimate of drug-likeness (QED) is 0.585. The molecule has 0 saturated heterocycles. The first-order valence-electron chi connectivity index (χ1n) is 4.88. The second-order valence-corrected chi connectivity index (χ2v) is 5.40. The van der Waals surface area contributed by atoms with Crippen molar-refractivity contribution in [3.63, 3.8) is 0 Å². The Hall–Kier alpha value is -0.000000000000000111. The molecule has 0 amide bonds. The molecule has 0 fully saturated rings. The van der Waals surface area contributed by atoms with Gasteiger partial charge in [-0.15, -0.1) is 11.8 Å². The highest BCUT2D eigenvalue weighted by atomic mass is 79.9. The number of hydrogen-bond donors (Lipinski definition) is 0. The van der Waals surface area contributed by atoms with Crippen molar-refractivity contribution in [3.05, 3.63) is 33.3 Å². The zero-order chi connectivity index (χ0) is 12.8. The molecule has 1 rings (SSSR count). The molecule has 0 aliphatic carbocycles. The summed E-state index contributed by atoms with van der Waals surface area (Å²) in [7, 11) is 3.18. The highest BCUT2D eigenvalue weighted by Gasteiger charge is 2.09. The maximum absolute atomic E-state index is 6.13. The summed E-state index contributed by atoms with van der Waals surface area (Å²) in [6, 6.07) is 5.91. The first kappa shape index (κ1) is 15.1. The standard InChI is InChI=1S/C12H14BrClO2S/c1-15-12(16-2)9(13)6-8-4-5-11(17-3)10(14)7-8/h4-7,12H,1-3H3. The van der Waals surface area contributed by atoms with Gasteiger partial charge < -0.3 is 9.47 Å². The fraction of sp³-hybridized carbons (Fsp3) is 0.333. The van der Waals surface area contributed by atoms with Crippen molar-refractivity contribution in [1.29, 1.82) is 0 Å². The molecule has 0 aromatic heterocycles. The van der Waals surface area contributed by atoms with Crippen LogP contribution < -0.4 is 0 Å². The molecule has 0 saturated carbocycles. The maximum atomic E-state index is 6.13. The number of methoxy groups -OCH3 is 2. The van der Waals surface area contributed by atoms with Crippen LogP contribution in [-0.2, 0) is 9.47 Å². The molecule has 94 valence electrons. The zero-order valence-corrected chi connectivity index (χ0v) is 13.0. The number of ether oxygens (including phenoxy) is 2. The zero-order valence-electron chi connectivity index (χ0n) is 9.87. The van der Waals surface area contributed by atoms with Gasteiger partial charge in [0.25, 0.3) is 0 Å². The third-order valence-corrected chi connectivity index (χ3v) is 3.96. The van der Waals surface area contributed by atoms with E-state index in [1.54, 1.807) is 26.0 Å². The molecule has 1 aromatic carbocycles. The van der Waals surface area contributed by atoms with Gasteiger partial charge in [-0.3, -0.25) is 0 Å². The van der Waals surface area contributed by atoms with Crippen molar-refractivity contribution in [2.24, 2.45) is 0 Å². The van der Waals surface area contributed by atoms with Crippen LogP contribution in [-0.4, -0.2) is 26.8 Å². The Morgan fingerprint density at radius 3 is 2.53 bits per heavy atom. The van der Waals surface area contributed by atoms with Gasteiger partial charge in [0, 0.05) is 19.1 Å². The minimum atomic E-state index is -0.394. The smallest absolute Gasteiger partial charge is 0.189 e. The Balaban J connectivity index is 2.94. The summed E-state index contributed by atoms with van der Waals surface area (Å²) in [6.07, 6.45) is 3.53. The monoisotopic (exact) mass is 336 g/mol. The molecule has 0 heterocycles. The van der Waals surface area contributed by atoms with Crippen LogP contribution in [0.1, 0.15) is 5.56 Å². The Bertz CT molecular complexity index is 405. The first-order chi connectivity index (χ1) is 8.12. The van der Waals surface area contributed by atoms with E-state index in [1.165, 1.54) is 0 Å². The van der Waals surface area contributed by atoms with Gasteiger partial charge in [0.1, 0.15) is 0 Å². The molecular weight excluding hydrogens is 324 g/mol. The van der Waals surface area contributed by atoms with E-state index in [2.05, 4.69) is 15.9 Å². The minimum Gasteiger partial charge on any atom is -0.351 e. The van der Waals surface area contributed by atoms with Gasteiger partial charge >= 0.3 is 0 Å². The molecule has 0 aliphatic rings. The molecule has 1 aromatic rings. The van der Waals surface area contributed by atoms with E-state index in [4.69, 9.17) is 21.1 Å². The fourth-order valence-corrected chi connectivity index (χ4v) is 2.84. The van der Waals surface area contributed by atoms with Gasteiger partial charge in [-0.2, -0.15) is 0 Å². The summed E-state index contributed by atoms with van der Waals surface area (Å²) < 4.78 is 11.1. The predicted octanol–water partition coefficient (Wildman–Crippen LogP) is 4.42. The van der Waals surface area contributed by atoms with Crippen LogP contribution in [0.4, 0.5) is 0 Å². The second kappa shape index (κ2) is 7.44. The molecule has 0 aliphatic heterocycles. The Morgan fingerprint density at radius 2 is 2.06 bits per heavy atom. The number of thioether (sulfide) groups is 1. The van der Waals surface area contributed by atoms with Crippen LogP contribution in [0.25, 0.3) is 6.08 Å². The summed E-state index contributed by atoms with van der Waals surface area (Å²) in [6.45, 7) is 0. The summed E-state index contributed by atoms with van der Waals surface area (Å²) in [5.41, 5.74) is 0.999. The van der Waals surface area contributed by atoms with Gasteiger partial charge in [0.15, 0.2) is 6.29 Å². The molecule has 0 spiro atoms. The molecular formula is C12H14BrClO2S. The van der Waals surface area contributed by atoms with Gasteiger partial charge in [-0.05, 0) is 30.0 Å². The second-order valence-electron chi connectivity index (χ2n) is 3.23. The molecule has 2 nitrogen and oxygen atoms in total. The Kier molecular flexibility index (Phi) is 6.59. The van der Waals surface area contributed by atoms with Gasteiger partial charge in [-0.1, -0.05) is 33.6 Å². The van der Waals surface area contributed by atoms with E-state index in [0.29, 0.717) is 0 Å². The summed E-state index contributed by atoms with van der Waals surface area (Å²) in [4.78, 5) is 1.06. The Labute approximate surface area is 119 Å². The first-order valence-corrected chi connectivity index (χ1v) is 7.28. The van der Waals surface area contributed by atoms with Gasteiger partial charge in [0.2, 0.25) is 0 Å². The van der Waals surface area contributed by atoms with Crippen molar-refractivity contribution in [2.75, 3.05) is 20.5 Å². The summed E-state index contributed by atoms with van der Waals surface area (Å²) in [5, 5.41) is 0.748.